The van der Waals surface area contributed by atoms with E-state index < -0.39 is 10.0 Å². The molecule has 2 aromatic carbocycles. The van der Waals surface area contributed by atoms with E-state index in [0.29, 0.717) is 18.2 Å². The number of oxazole rings is 1. The lowest BCUT2D eigenvalue weighted by Gasteiger charge is -2.10. The van der Waals surface area contributed by atoms with Crippen LogP contribution in [0.2, 0.25) is 0 Å². The highest BCUT2D eigenvalue weighted by Crippen LogP contribution is 2.26. The Morgan fingerprint density at radius 2 is 1.70 bits per heavy atom. The van der Waals surface area contributed by atoms with E-state index in [0.717, 1.165) is 24.1 Å². The van der Waals surface area contributed by atoms with Crippen molar-refractivity contribution in [2.45, 2.75) is 11.3 Å². The molecule has 0 aliphatic rings. The molecule has 0 saturated heterocycles. The second-order valence-corrected chi connectivity index (χ2v) is 8.24. The van der Waals surface area contributed by atoms with Gasteiger partial charge in [-0.25, -0.2) is 18.1 Å². The molecule has 0 atom stereocenters. The van der Waals surface area contributed by atoms with Crippen molar-refractivity contribution in [1.82, 2.24) is 14.6 Å². The van der Waals surface area contributed by atoms with Gasteiger partial charge in [0, 0.05) is 17.7 Å². The predicted octanol–water partition coefficient (Wildman–Crippen LogP) is 3.24. The second-order valence-electron chi connectivity index (χ2n) is 6.47. The minimum Gasteiger partial charge on any atom is -0.436 e. The smallest absolute Gasteiger partial charge is 0.240 e. The van der Waals surface area contributed by atoms with Gasteiger partial charge in [0.25, 0.3) is 0 Å². The van der Waals surface area contributed by atoms with E-state index in [2.05, 4.69) is 9.71 Å². The first-order valence-corrected chi connectivity index (χ1v) is 10.2. The molecule has 7 heteroatoms. The topological polar surface area (TPSA) is 75.4 Å². The lowest BCUT2D eigenvalue weighted by molar-refractivity contribution is 0.400. The molecule has 3 aromatic rings. The molecule has 6 nitrogen and oxygen atoms in total. The first-order valence-electron chi connectivity index (χ1n) is 8.72. The first kappa shape index (κ1) is 19.3. The van der Waals surface area contributed by atoms with Crippen LogP contribution in [0.3, 0.4) is 0 Å². The first-order chi connectivity index (χ1) is 13.0. The van der Waals surface area contributed by atoms with Crippen LogP contribution >= 0.6 is 0 Å². The van der Waals surface area contributed by atoms with E-state index in [1.165, 1.54) is 0 Å². The van der Waals surface area contributed by atoms with Crippen LogP contribution in [0.25, 0.3) is 22.8 Å². The van der Waals surface area contributed by atoms with Gasteiger partial charge in [-0.1, -0.05) is 30.3 Å². The van der Waals surface area contributed by atoms with E-state index in [9.17, 15) is 8.42 Å². The Kier molecular flexibility index (Phi) is 6.05. The Labute approximate surface area is 159 Å². The Morgan fingerprint density at radius 3 is 2.37 bits per heavy atom. The van der Waals surface area contributed by atoms with Crippen LogP contribution in [0.15, 0.2) is 70.1 Å². The minimum atomic E-state index is -3.51. The molecule has 142 valence electrons. The van der Waals surface area contributed by atoms with E-state index in [1.54, 1.807) is 30.5 Å². The zero-order valence-electron chi connectivity index (χ0n) is 15.4. The number of rotatable bonds is 8. The molecule has 0 bridgehead atoms. The molecule has 1 N–H and O–H groups in total. The summed E-state index contributed by atoms with van der Waals surface area (Å²) in [6, 6.07) is 16.2. The van der Waals surface area contributed by atoms with Gasteiger partial charge in [-0.15, -0.1) is 0 Å². The van der Waals surface area contributed by atoms with Crippen LogP contribution < -0.4 is 4.72 Å². The minimum absolute atomic E-state index is 0.228. The summed E-state index contributed by atoms with van der Waals surface area (Å²) in [5, 5.41) is 0. The molecule has 0 unspecified atom stereocenters. The fraction of sp³-hybridized carbons (Fsp3) is 0.250. The van der Waals surface area contributed by atoms with Crippen LogP contribution in [0.5, 0.6) is 0 Å². The molecule has 0 aliphatic heterocycles. The summed E-state index contributed by atoms with van der Waals surface area (Å²) >= 11 is 0. The molecule has 0 saturated carbocycles. The monoisotopic (exact) mass is 385 g/mol. The number of aromatic nitrogens is 1. The molecule has 0 fully saturated rings. The zero-order chi connectivity index (χ0) is 19.3. The number of nitrogens with one attached hydrogen (secondary N) is 1. The fourth-order valence-corrected chi connectivity index (χ4v) is 3.68. The van der Waals surface area contributed by atoms with E-state index in [1.807, 2.05) is 49.3 Å². The van der Waals surface area contributed by atoms with Crippen molar-refractivity contribution in [3.05, 3.63) is 60.8 Å². The highest BCUT2D eigenvalue weighted by molar-refractivity contribution is 7.89. The molecule has 0 aliphatic carbocycles. The highest BCUT2D eigenvalue weighted by Gasteiger charge is 2.14. The number of benzene rings is 2. The summed E-state index contributed by atoms with van der Waals surface area (Å²) in [7, 11) is 0.400. The third-order valence-corrected chi connectivity index (χ3v) is 5.53. The number of nitrogens with zero attached hydrogens (tertiary/aromatic N) is 2. The van der Waals surface area contributed by atoms with Crippen molar-refractivity contribution in [2.24, 2.45) is 0 Å². The Morgan fingerprint density at radius 1 is 1.00 bits per heavy atom. The van der Waals surface area contributed by atoms with Crippen molar-refractivity contribution in [3.63, 3.8) is 0 Å². The maximum Gasteiger partial charge on any atom is 0.240 e. The SMILES string of the molecule is CN(C)CCCNS(=O)(=O)c1ccc(-c2ncc(-c3ccccc3)o2)cc1. The number of hydrogen-bond donors (Lipinski definition) is 1. The maximum atomic E-state index is 12.4. The van der Waals surface area contributed by atoms with Crippen LogP contribution in [0, 0.1) is 0 Å². The molecule has 1 heterocycles. The third kappa shape index (κ3) is 5.03. The van der Waals surface area contributed by atoms with Crippen LogP contribution in [-0.4, -0.2) is 45.5 Å². The molecular weight excluding hydrogens is 362 g/mol. The van der Waals surface area contributed by atoms with Crippen molar-refractivity contribution in [3.8, 4) is 22.8 Å². The van der Waals surface area contributed by atoms with Gasteiger partial charge in [0.1, 0.15) is 0 Å². The lowest BCUT2D eigenvalue weighted by atomic mass is 10.2. The van der Waals surface area contributed by atoms with E-state index in [-0.39, 0.29) is 4.90 Å². The summed E-state index contributed by atoms with van der Waals surface area (Å²) in [5.41, 5.74) is 1.67. The van der Waals surface area contributed by atoms with Gasteiger partial charge in [0.2, 0.25) is 15.9 Å². The Hall–Kier alpha value is -2.48. The van der Waals surface area contributed by atoms with Crippen molar-refractivity contribution in [2.75, 3.05) is 27.2 Å². The zero-order valence-corrected chi connectivity index (χ0v) is 16.2. The molecular formula is C20H23N3O3S. The van der Waals surface area contributed by atoms with Gasteiger partial charge < -0.3 is 9.32 Å². The standard InChI is InChI=1S/C20H23N3O3S/c1-23(2)14-6-13-22-27(24,25)18-11-9-17(10-12-18)20-21-15-19(26-20)16-7-4-3-5-8-16/h3-5,7-12,15,22H,6,13-14H2,1-2H3. The van der Waals surface area contributed by atoms with E-state index >= 15 is 0 Å². The average Bonchev–Trinajstić information content (AvgIpc) is 3.16. The molecule has 0 spiro atoms. The molecule has 1 aromatic heterocycles. The number of sulfonamides is 1. The Balaban J connectivity index is 1.69. The van der Waals surface area contributed by atoms with Crippen molar-refractivity contribution >= 4 is 10.0 Å². The average molecular weight is 385 g/mol. The quantitative estimate of drug-likeness (QED) is 0.603. The summed E-state index contributed by atoms with van der Waals surface area (Å²) in [6.45, 7) is 1.23. The predicted molar refractivity (Wildman–Crippen MR) is 106 cm³/mol. The molecule has 3 rings (SSSR count). The summed E-state index contributed by atoms with van der Waals surface area (Å²) in [4.78, 5) is 6.54. The van der Waals surface area contributed by atoms with Gasteiger partial charge in [-0.3, -0.25) is 0 Å². The Bertz CT molecular complexity index is 965. The van der Waals surface area contributed by atoms with Crippen molar-refractivity contribution in [1.29, 1.82) is 0 Å². The largest absolute Gasteiger partial charge is 0.436 e. The van der Waals surface area contributed by atoms with Gasteiger partial charge in [-0.2, -0.15) is 0 Å². The fourth-order valence-electron chi connectivity index (χ4n) is 2.61. The van der Waals surface area contributed by atoms with Crippen molar-refractivity contribution < 1.29 is 12.8 Å². The second kappa shape index (κ2) is 8.47. The molecule has 0 radical (unpaired) electrons. The summed E-state index contributed by atoms with van der Waals surface area (Å²) in [6.07, 6.45) is 2.42. The third-order valence-electron chi connectivity index (χ3n) is 4.05. The lowest BCUT2D eigenvalue weighted by Crippen LogP contribution is -2.27. The number of hydrogen-bond acceptors (Lipinski definition) is 5. The van der Waals surface area contributed by atoms with E-state index in [4.69, 9.17) is 4.42 Å². The van der Waals surface area contributed by atoms with Crippen LogP contribution in [-0.2, 0) is 10.0 Å². The van der Waals surface area contributed by atoms with Gasteiger partial charge in [0.05, 0.1) is 11.1 Å². The normalized spacial score (nSPS) is 11.8. The maximum absolute atomic E-state index is 12.4. The molecule has 27 heavy (non-hydrogen) atoms. The van der Waals surface area contributed by atoms with Gasteiger partial charge in [-0.05, 0) is 51.3 Å². The van der Waals surface area contributed by atoms with Gasteiger partial charge >= 0.3 is 0 Å². The van der Waals surface area contributed by atoms with Gasteiger partial charge in [0.15, 0.2) is 5.76 Å². The summed E-state index contributed by atoms with van der Waals surface area (Å²) in [5.74, 6) is 1.13. The highest BCUT2D eigenvalue weighted by atomic mass is 32.2. The summed E-state index contributed by atoms with van der Waals surface area (Å²) < 4.78 is 33.1. The van der Waals surface area contributed by atoms with Crippen LogP contribution in [0.4, 0.5) is 0 Å². The molecule has 0 amide bonds. The van der Waals surface area contributed by atoms with Crippen LogP contribution in [0.1, 0.15) is 6.42 Å².